The summed E-state index contributed by atoms with van der Waals surface area (Å²) in [6.07, 6.45) is -11.2. The van der Waals surface area contributed by atoms with E-state index in [1.54, 1.807) is 20.1 Å². The molecule has 1 aromatic carbocycles. The predicted octanol–water partition coefficient (Wildman–Crippen LogP) is 3.15. The Balaban J connectivity index is 1.24. The van der Waals surface area contributed by atoms with Crippen molar-refractivity contribution in [1.82, 2.24) is 16.1 Å². The normalized spacial score (nSPS) is 36.1. The number of aliphatic hydroxyl groups is 4. The van der Waals surface area contributed by atoms with Gasteiger partial charge in [-0.05, 0) is 60.8 Å². The number of hydrogen-bond donors (Lipinski definition) is 8. The van der Waals surface area contributed by atoms with E-state index in [1.165, 1.54) is 95.7 Å². The van der Waals surface area contributed by atoms with Crippen molar-refractivity contribution in [2.45, 2.75) is 181 Å². The maximum atomic E-state index is 15.7. The van der Waals surface area contributed by atoms with Crippen LogP contribution < -0.4 is 30.9 Å². The Hall–Kier alpha value is -4.36. The molecule has 6 aliphatic rings. The number of aliphatic hydroxyl groups excluding tert-OH is 3. The maximum Gasteiger partial charge on any atom is 0.407 e. The van der Waals surface area contributed by atoms with Gasteiger partial charge in [0.25, 0.3) is 5.91 Å². The summed E-state index contributed by atoms with van der Waals surface area (Å²) in [4.78, 5) is 62.6. The molecule has 1 aromatic rings. The van der Waals surface area contributed by atoms with Gasteiger partial charge in [-0.3, -0.25) is 14.4 Å². The highest BCUT2D eigenvalue weighted by Gasteiger charge is 2.61. The number of anilines is 1. The number of carbonyl (C=O) groups is 4. The standard InChI is InChI=1S/C59H82N4O22S4/c1-28(2)60-36-27-77-43(25-39(36)73-8)83-52-50(66)47(63-85-45-24-37(64)53(86-12)31(5)79-45)29(3)80-57(52)82-38-18-16-14-15-17-20-59(71)34(19-21-88-89-87-13)46(38)48(62-58(70)76-11)51(67)54(59)84-44-26-42(49(65)30(4)78-44)81-56(69)33-22-40(74-9)41(75-10)23-35(33)61-55(68)32(6)72-7/h14-15,19,22-23,28-31,36-39,42-50,52-54,57,60,63-66,71H,6,21,24-27H2,1-5,7-13H3,(H,61,68)(H,62,70)/b15-14-,34-19+/t29-,30+,31-,36+,37+,38+,39+,42+,43+,44?,45+,46?,47-,48?,49+,50+,52-,53-,54-,57+,59-/m1/s1. The third-order valence-electron chi connectivity index (χ3n) is 15.7. The maximum absolute atomic E-state index is 15.7. The number of hydrogen-bond acceptors (Lipinski definition) is 28. The van der Waals surface area contributed by atoms with Gasteiger partial charge in [-0.2, -0.15) is 17.2 Å². The predicted molar refractivity (Wildman–Crippen MR) is 330 cm³/mol. The molecule has 0 radical (unpaired) electrons. The number of ketones is 1. The van der Waals surface area contributed by atoms with Crippen molar-refractivity contribution in [1.29, 1.82) is 0 Å². The lowest BCUT2D eigenvalue weighted by atomic mass is 9.66. The molecule has 1 saturated carbocycles. The molecule has 2 bridgehead atoms. The summed E-state index contributed by atoms with van der Waals surface area (Å²) < 4.78 is 78.2. The van der Waals surface area contributed by atoms with Crippen LogP contribution in [0.15, 0.2) is 48.3 Å². The molecule has 7 rings (SSSR count). The molecule has 89 heavy (non-hydrogen) atoms. The van der Waals surface area contributed by atoms with E-state index in [9.17, 15) is 34.8 Å². The van der Waals surface area contributed by atoms with Crippen LogP contribution in [0.3, 0.4) is 0 Å². The number of ether oxygens (including phenoxy) is 13. The first-order valence-electron chi connectivity index (χ1n) is 28.7. The number of Topliss-reactive ketones (excluding diaryl/α,β-unsaturated/α-hetero) is 1. The minimum absolute atomic E-state index is 0.00414. The first-order chi connectivity index (χ1) is 42.5. The summed E-state index contributed by atoms with van der Waals surface area (Å²) in [5, 5.41) is 57.0. The fraction of sp³-hybridized carbons (Fsp3) is 0.661. The van der Waals surface area contributed by atoms with Crippen molar-refractivity contribution >= 4 is 72.6 Å². The van der Waals surface area contributed by atoms with E-state index in [-0.39, 0.29) is 82.7 Å². The summed E-state index contributed by atoms with van der Waals surface area (Å²) in [6.45, 7) is 12.7. The van der Waals surface area contributed by atoms with E-state index in [0.717, 1.165) is 7.11 Å². The highest BCUT2D eigenvalue weighted by atomic mass is 33.5. The fourth-order valence-electron chi connectivity index (χ4n) is 11.2. The average Bonchev–Trinajstić information content (AvgIpc) is 0.971. The van der Waals surface area contributed by atoms with Crippen molar-refractivity contribution in [3.63, 3.8) is 0 Å². The van der Waals surface area contributed by atoms with Crippen LogP contribution in [-0.4, -0.2) is 232 Å². The molecule has 0 aromatic heterocycles. The van der Waals surface area contributed by atoms with Gasteiger partial charge in [-0.25, -0.2) is 9.59 Å². The fourth-order valence-corrected chi connectivity index (χ4v) is 14.5. The molecule has 3 unspecified atom stereocenters. The minimum atomic E-state index is -2.60. The number of benzene rings is 1. The molecule has 30 heteroatoms. The number of allylic oxidation sites excluding steroid dienone is 2. The summed E-state index contributed by atoms with van der Waals surface area (Å²) in [5.41, 5.74) is -0.0127. The summed E-state index contributed by atoms with van der Waals surface area (Å²) in [5.74, 6) is 7.47. The number of fused-ring (bicyclic) bond motifs is 2. The minimum Gasteiger partial charge on any atom is -0.493 e. The second kappa shape index (κ2) is 33.5. The van der Waals surface area contributed by atoms with Crippen molar-refractivity contribution in [2.75, 3.05) is 65.7 Å². The zero-order chi connectivity index (χ0) is 64.9. The van der Waals surface area contributed by atoms with Gasteiger partial charge in [0, 0.05) is 56.2 Å². The summed E-state index contributed by atoms with van der Waals surface area (Å²) >= 11 is 1.48. The molecular formula is C59H82N4O22S4. The van der Waals surface area contributed by atoms with E-state index in [4.69, 9.17) is 66.4 Å². The summed E-state index contributed by atoms with van der Waals surface area (Å²) in [7, 11) is 10.9. The Labute approximate surface area is 534 Å². The molecule has 5 fully saturated rings. The van der Waals surface area contributed by atoms with Gasteiger partial charge in [-0.15, -0.1) is 0 Å². The monoisotopic (exact) mass is 1330 g/mol. The van der Waals surface area contributed by atoms with Crippen LogP contribution >= 0.6 is 43.2 Å². The van der Waals surface area contributed by atoms with Gasteiger partial charge in [0.1, 0.15) is 36.6 Å². The van der Waals surface area contributed by atoms with E-state index in [0.29, 0.717) is 0 Å². The molecule has 26 nitrogen and oxygen atoms in total. The Kier molecular flexibility index (Phi) is 27.1. The third-order valence-corrected chi connectivity index (χ3v) is 20.6. The Morgan fingerprint density at radius 3 is 2.24 bits per heavy atom. The molecular weight excluding hydrogens is 1240 g/mol. The van der Waals surface area contributed by atoms with Crippen molar-refractivity contribution < 1.29 is 106 Å². The number of carbonyl (C=O) groups excluding carboxylic acids is 4. The number of alkyl carbamates (subject to hydrolysis) is 1. The SMILES string of the molecule is C=C(OC)C(=O)Nc1cc(OC)c(OC)cc1C(=O)O[C@H]1CC(O[C@@H]2C(=O)C(NC(=O)OC)C3/C(=C\CSSSC)[C@]2(O)C#C/C=C\C#C[C@@H]3O[C@@H]2O[C@H](C)[C@@H](NO[C@H]3C[C@H](O)[C@H](SC)[C@@H](C)O3)[C@H](O)[C@H]2O[C@H]2C[C@H](OC)[C@@H](NC(C)C)CO2)O[C@@H](C)[C@@H]1O. The van der Waals surface area contributed by atoms with E-state index in [1.807, 2.05) is 33.3 Å². The number of amides is 2. The molecule has 4 saturated heterocycles. The highest BCUT2D eigenvalue weighted by molar-refractivity contribution is 9.09. The first kappa shape index (κ1) is 72.1. The van der Waals surface area contributed by atoms with Gasteiger partial charge in [0.15, 0.2) is 59.9 Å². The van der Waals surface area contributed by atoms with Crippen LogP contribution in [0.4, 0.5) is 10.5 Å². The number of hydroxylamine groups is 1. The van der Waals surface area contributed by atoms with E-state index >= 15 is 4.79 Å². The zero-order valence-electron chi connectivity index (χ0n) is 51.5. The highest BCUT2D eigenvalue weighted by Crippen LogP contribution is 2.45. The van der Waals surface area contributed by atoms with Crippen LogP contribution in [0.2, 0.25) is 0 Å². The van der Waals surface area contributed by atoms with Gasteiger partial charge >= 0.3 is 12.1 Å². The van der Waals surface area contributed by atoms with E-state index < -0.39 is 140 Å². The molecule has 4 aliphatic heterocycles. The quantitative estimate of drug-likeness (QED) is 0.0102. The van der Waals surface area contributed by atoms with Gasteiger partial charge < -0.3 is 98.0 Å². The lowest BCUT2D eigenvalue weighted by Crippen LogP contribution is -2.68. The number of methoxy groups -OCH3 is 5. The largest absolute Gasteiger partial charge is 0.493 e. The van der Waals surface area contributed by atoms with Crippen LogP contribution in [-0.2, 0) is 66.5 Å². The van der Waals surface area contributed by atoms with Crippen LogP contribution in [0, 0.1) is 29.6 Å². The number of rotatable bonds is 25. The number of esters is 1. The molecule has 2 amide bonds. The molecule has 4 heterocycles. The van der Waals surface area contributed by atoms with Crippen molar-refractivity contribution in [3.8, 4) is 35.2 Å². The lowest BCUT2D eigenvalue weighted by molar-refractivity contribution is -0.340. The Bertz CT molecular complexity index is 2810. The van der Waals surface area contributed by atoms with Crippen LogP contribution in [0.1, 0.15) is 64.2 Å². The lowest BCUT2D eigenvalue weighted by Gasteiger charge is -2.50. The summed E-state index contributed by atoms with van der Waals surface area (Å²) in [6, 6.07) is -0.290. The van der Waals surface area contributed by atoms with Crippen LogP contribution in [0.25, 0.3) is 0 Å². The van der Waals surface area contributed by atoms with E-state index in [2.05, 4.69) is 51.7 Å². The molecule has 0 spiro atoms. The third kappa shape index (κ3) is 17.7. The number of nitrogens with one attached hydrogen (secondary N) is 4. The van der Waals surface area contributed by atoms with Crippen molar-refractivity contribution in [2.24, 2.45) is 5.92 Å². The van der Waals surface area contributed by atoms with Gasteiger partial charge in [0.2, 0.25) is 0 Å². The smallest absolute Gasteiger partial charge is 0.407 e. The second-order valence-electron chi connectivity index (χ2n) is 21.8. The number of thioether (sulfide) groups is 1. The average molecular weight is 1330 g/mol. The molecule has 494 valence electrons. The van der Waals surface area contributed by atoms with Gasteiger partial charge in [0.05, 0.1) is 94.2 Å². The molecule has 2 aliphatic carbocycles. The topological polar surface area (TPSA) is 327 Å². The molecule has 21 atom stereocenters. The Morgan fingerprint density at radius 2 is 1.57 bits per heavy atom. The van der Waals surface area contributed by atoms with Crippen LogP contribution in [0.5, 0.6) is 11.5 Å². The second-order valence-corrected chi connectivity index (χ2v) is 27.2. The van der Waals surface area contributed by atoms with Gasteiger partial charge in [-0.1, -0.05) is 71.8 Å². The zero-order valence-corrected chi connectivity index (χ0v) is 54.8. The molecule has 8 N–H and O–H groups in total. The first-order valence-corrected chi connectivity index (χ1v) is 34.0. The Morgan fingerprint density at radius 1 is 0.865 bits per heavy atom. The van der Waals surface area contributed by atoms with Crippen molar-refractivity contribution in [3.05, 3.63) is 53.8 Å².